The van der Waals surface area contributed by atoms with Gasteiger partial charge in [-0.15, -0.1) is 0 Å². The number of nitrogens with one attached hydrogen (secondary N) is 1. The SMILES string of the molecule is Cc1nc(Br)cc(NC(C)Cc2ccccc2)n1. The molecule has 18 heavy (non-hydrogen) atoms. The normalized spacial score (nSPS) is 12.2. The van der Waals surface area contributed by atoms with E-state index in [1.165, 1.54) is 5.56 Å². The van der Waals surface area contributed by atoms with Crippen LogP contribution in [0.3, 0.4) is 0 Å². The lowest BCUT2D eigenvalue weighted by molar-refractivity contribution is 0.781. The maximum atomic E-state index is 4.36. The molecule has 0 bridgehead atoms. The smallest absolute Gasteiger partial charge is 0.131 e. The Morgan fingerprint density at radius 1 is 1.22 bits per heavy atom. The van der Waals surface area contributed by atoms with E-state index in [-0.39, 0.29) is 0 Å². The minimum absolute atomic E-state index is 0.327. The summed E-state index contributed by atoms with van der Waals surface area (Å²) in [6, 6.07) is 12.7. The highest BCUT2D eigenvalue weighted by Crippen LogP contribution is 2.14. The lowest BCUT2D eigenvalue weighted by Gasteiger charge is -2.15. The first-order valence-electron chi connectivity index (χ1n) is 5.95. The first-order valence-corrected chi connectivity index (χ1v) is 6.74. The molecule has 0 aliphatic rings. The van der Waals surface area contributed by atoms with Crippen molar-refractivity contribution >= 4 is 21.7 Å². The van der Waals surface area contributed by atoms with E-state index in [0.29, 0.717) is 6.04 Å². The molecule has 4 heteroatoms. The fraction of sp³-hybridized carbons (Fsp3) is 0.286. The largest absolute Gasteiger partial charge is 0.367 e. The van der Waals surface area contributed by atoms with Crippen LogP contribution in [0.4, 0.5) is 5.82 Å². The predicted molar refractivity (Wildman–Crippen MR) is 77.7 cm³/mol. The van der Waals surface area contributed by atoms with Gasteiger partial charge in [-0.05, 0) is 41.8 Å². The highest BCUT2D eigenvalue weighted by atomic mass is 79.9. The predicted octanol–water partition coefficient (Wildman–Crippen LogP) is 3.59. The highest BCUT2D eigenvalue weighted by Gasteiger charge is 2.05. The fourth-order valence-corrected chi connectivity index (χ4v) is 2.35. The van der Waals surface area contributed by atoms with Gasteiger partial charge in [0, 0.05) is 12.1 Å². The molecular weight excluding hydrogens is 290 g/mol. The molecule has 3 nitrogen and oxygen atoms in total. The summed E-state index contributed by atoms with van der Waals surface area (Å²) in [6.07, 6.45) is 0.974. The third-order valence-electron chi connectivity index (χ3n) is 2.59. The van der Waals surface area contributed by atoms with Crippen molar-refractivity contribution in [3.05, 3.63) is 52.4 Å². The number of benzene rings is 1. The zero-order chi connectivity index (χ0) is 13.0. The lowest BCUT2D eigenvalue weighted by Crippen LogP contribution is -2.19. The van der Waals surface area contributed by atoms with Gasteiger partial charge in [-0.1, -0.05) is 30.3 Å². The average molecular weight is 306 g/mol. The van der Waals surface area contributed by atoms with E-state index in [1.807, 2.05) is 19.1 Å². The van der Waals surface area contributed by atoms with E-state index in [0.717, 1.165) is 22.7 Å². The van der Waals surface area contributed by atoms with Crippen molar-refractivity contribution in [3.8, 4) is 0 Å². The molecule has 0 spiro atoms. The molecule has 1 unspecified atom stereocenters. The quantitative estimate of drug-likeness (QED) is 0.877. The minimum atomic E-state index is 0.327. The van der Waals surface area contributed by atoms with Crippen molar-refractivity contribution in [3.63, 3.8) is 0 Å². The Balaban J connectivity index is 2.01. The fourth-order valence-electron chi connectivity index (χ4n) is 1.88. The van der Waals surface area contributed by atoms with Gasteiger partial charge in [0.15, 0.2) is 0 Å². The summed E-state index contributed by atoms with van der Waals surface area (Å²) >= 11 is 3.38. The summed E-state index contributed by atoms with van der Waals surface area (Å²) in [4.78, 5) is 8.55. The molecule has 1 aromatic heterocycles. The molecular formula is C14H16BrN3. The zero-order valence-corrected chi connectivity index (χ0v) is 12.1. The summed E-state index contributed by atoms with van der Waals surface area (Å²) in [5.74, 6) is 1.62. The second-order valence-electron chi connectivity index (χ2n) is 4.36. The van der Waals surface area contributed by atoms with Crippen molar-refractivity contribution in [1.29, 1.82) is 0 Å². The Morgan fingerprint density at radius 3 is 2.61 bits per heavy atom. The third-order valence-corrected chi connectivity index (χ3v) is 2.99. The molecule has 1 heterocycles. The van der Waals surface area contributed by atoms with Crippen molar-refractivity contribution in [1.82, 2.24) is 9.97 Å². The third kappa shape index (κ3) is 3.81. The van der Waals surface area contributed by atoms with Gasteiger partial charge in [0.05, 0.1) is 0 Å². The number of nitrogens with zero attached hydrogens (tertiary/aromatic N) is 2. The van der Waals surface area contributed by atoms with Crippen LogP contribution in [0.25, 0.3) is 0 Å². The van der Waals surface area contributed by atoms with E-state index in [1.54, 1.807) is 0 Å². The Morgan fingerprint density at radius 2 is 1.94 bits per heavy atom. The zero-order valence-electron chi connectivity index (χ0n) is 10.5. The van der Waals surface area contributed by atoms with Gasteiger partial charge in [-0.2, -0.15) is 0 Å². The van der Waals surface area contributed by atoms with Crippen molar-refractivity contribution in [2.24, 2.45) is 0 Å². The van der Waals surface area contributed by atoms with Crippen LogP contribution >= 0.6 is 15.9 Å². The number of rotatable bonds is 4. The Hall–Kier alpha value is -1.42. The molecule has 1 aromatic carbocycles. The number of aromatic nitrogens is 2. The maximum absolute atomic E-state index is 4.36. The van der Waals surface area contributed by atoms with Crippen molar-refractivity contribution in [2.45, 2.75) is 26.3 Å². The molecule has 0 saturated heterocycles. The van der Waals surface area contributed by atoms with E-state index >= 15 is 0 Å². The van der Waals surface area contributed by atoms with Crippen molar-refractivity contribution in [2.75, 3.05) is 5.32 Å². The summed E-state index contributed by atoms with van der Waals surface area (Å²) in [5, 5.41) is 3.39. The number of halogens is 1. The molecule has 1 atom stereocenters. The van der Waals surface area contributed by atoms with Crippen LogP contribution in [0.1, 0.15) is 18.3 Å². The van der Waals surface area contributed by atoms with Crippen LogP contribution in [-0.4, -0.2) is 16.0 Å². The number of anilines is 1. The van der Waals surface area contributed by atoms with Gasteiger partial charge in [0.1, 0.15) is 16.2 Å². The van der Waals surface area contributed by atoms with Crippen LogP contribution < -0.4 is 5.32 Å². The van der Waals surface area contributed by atoms with E-state index < -0.39 is 0 Å². The van der Waals surface area contributed by atoms with Crippen LogP contribution in [0.2, 0.25) is 0 Å². The Kier molecular flexibility index (Phi) is 4.31. The Labute approximate surface area is 116 Å². The molecule has 1 N–H and O–H groups in total. The average Bonchev–Trinajstić information content (AvgIpc) is 2.28. The van der Waals surface area contributed by atoms with Gasteiger partial charge in [0.25, 0.3) is 0 Å². The van der Waals surface area contributed by atoms with Gasteiger partial charge in [-0.25, -0.2) is 9.97 Å². The summed E-state index contributed by atoms with van der Waals surface area (Å²) in [6.45, 7) is 4.04. The van der Waals surface area contributed by atoms with Crippen LogP contribution in [0.5, 0.6) is 0 Å². The second-order valence-corrected chi connectivity index (χ2v) is 5.17. The van der Waals surface area contributed by atoms with Crippen LogP contribution in [0.15, 0.2) is 41.0 Å². The van der Waals surface area contributed by atoms with Crippen LogP contribution in [-0.2, 0) is 6.42 Å². The summed E-state index contributed by atoms with van der Waals surface area (Å²) in [7, 11) is 0. The molecule has 0 saturated carbocycles. The molecule has 0 radical (unpaired) electrons. The lowest BCUT2D eigenvalue weighted by atomic mass is 10.1. The monoisotopic (exact) mass is 305 g/mol. The Bertz CT molecular complexity index is 493. The van der Waals surface area contributed by atoms with Gasteiger partial charge in [0.2, 0.25) is 0 Å². The van der Waals surface area contributed by atoms with Gasteiger partial charge < -0.3 is 5.32 Å². The molecule has 0 fully saturated rings. The highest BCUT2D eigenvalue weighted by molar-refractivity contribution is 9.10. The molecule has 2 rings (SSSR count). The van der Waals surface area contributed by atoms with Crippen LogP contribution in [0, 0.1) is 6.92 Å². The van der Waals surface area contributed by atoms with Gasteiger partial charge >= 0.3 is 0 Å². The number of aryl methyl sites for hydroxylation is 1. The number of hydrogen-bond acceptors (Lipinski definition) is 3. The topological polar surface area (TPSA) is 37.8 Å². The molecule has 2 aromatic rings. The van der Waals surface area contributed by atoms with Gasteiger partial charge in [-0.3, -0.25) is 0 Å². The summed E-state index contributed by atoms with van der Waals surface area (Å²) < 4.78 is 0.810. The second kappa shape index (κ2) is 5.96. The molecule has 94 valence electrons. The van der Waals surface area contributed by atoms with E-state index in [4.69, 9.17) is 0 Å². The minimum Gasteiger partial charge on any atom is -0.367 e. The molecule has 0 aliphatic carbocycles. The molecule has 0 amide bonds. The molecule has 0 aliphatic heterocycles. The first kappa shape index (κ1) is 13.0. The first-order chi connectivity index (χ1) is 8.63. The van der Waals surface area contributed by atoms with Crippen molar-refractivity contribution < 1.29 is 0 Å². The maximum Gasteiger partial charge on any atom is 0.131 e. The summed E-state index contributed by atoms with van der Waals surface area (Å²) in [5.41, 5.74) is 1.32. The van der Waals surface area contributed by atoms with E-state index in [9.17, 15) is 0 Å². The standard InChI is InChI=1S/C14H16BrN3/c1-10(8-12-6-4-3-5-7-12)16-14-9-13(15)17-11(2)18-14/h3-7,9-10H,8H2,1-2H3,(H,16,17,18). The number of hydrogen-bond donors (Lipinski definition) is 1. The van der Waals surface area contributed by atoms with E-state index in [2.05, 4.69) is 62.4 Å².